The van der Waals surface area contributed by atoms with Gasteiger partial charge in [-0.15, -0.1) is 0 Å². The van der Waals surface area contributed by atoms with Gasteiger partial charge in [-0.3, -0.25) is 19.7 Å². The van der Waals surface area contributed by atoms with Crippen molar-refractivity contribution < 1.29 is 24.2 Å². The summed E-state index contributed by atoms with van der Waals surface area (Å²) in [4.78, 5) is 41.9. The molecule has 2 saturated heterocycles. The van der Waals surface area contributed by atoms with E-state index < -0.39 is 41.2 Å². The number of anilines is 1. The number of fused-ring (bicyclic) bond motifs is 1. The Hall–Kier alpha value is -3.49. The molecule has 0 bridgehead atoms. The molecule has 2 fully saturated rings. The lowest BCUT2D eigenvalue weighted by atomic mass is 9.76. The van der Waals surface area contributed by atoms with Crippen molar-refractivity contribution in [1.82, 2.24) is 5.32 Å². The first-order valence-corrected chi connectivity index (χ1v) is 12.6. The molecule has 184 valence electrons. The number of ether oxygens (including phenoxy) is 1. The molecule has 2 amide bonds. The van der Waals surface area contributed by atoms with Crippen LogP contribution in [0, 0.1) is 11.8 Å². The van der Waals surface area contributed by atoms with Gasteiger partial charge in [-0.1, -0.05) is 58.4 Å². The first kappa shape index (κ1) is 24.2. The van der Waals surface area contributed by atoms with Gasteiger partial charge in [-0.2, -0.15) is 0 Å². The summed E-state index contributed by atoms with van der Waals surface area (Å²) in [5.74, 6) is -3.41. The Labute approximate surface area is 217 Å². The summed E-state index contributed by atoms with van der Waals surface area (Å²) in [6, 6.07) is 22.6. The molecule has 8 heteroatoms. The highest BCUT2D eigenvalue weighted by Gasteiger charge is 2.68. The normalized spacial score (nSPS) is 25.2. The fourth-order valence-corrected chi connectivity index (χ4v) is 5.69. The van der Waals surface area contributed by atoms with Gasteiger partial charge in [0, 0.05) is 16.9 Å². The lowest BCUT2D eigenvalue weighted by Gasteiger charge is -2.31. The van der Waals surface area contributed by atoms with Gasteiger partial charge in [0.25, 0.3) is 0 Å². The zero-order valence-electron chi connectivity index (χ0n) is 19.6. The second-order valence-electron chi connectivity index (χ2n) is 9.05. The molecular formula is C28H25BrN2O5. The average Bonchev–Trinajstić information content (AvgIpc) is 3.35. The van der Waals surface area contributed by atoms with Crippen molar-refractivity contribution in [2.45, 2.75) is 24.9 Å². The lowest BCUT2D eigenvalue weighted by molar-refractivity contribution is -0.148. The number of rotatable bonds is 7. The Balaban J connectivity index is 1.61. The Kier molecular flexibility index (Phi) is 6.40. The minimum atomic E-state index is -1.66. The number of benzene rings is 3. The molecule has 0 aromatic heterocycles. The predicted molar refractivity (Wildman–Crippen MR) is 138 cm³/mol. The molecule has 2 heterocycles. The molecule has 36 heavy (non-hydrogen) atoms. The Morgan fingerprint density at radius 3 is 2.28 bits per heavy atom. The molecule has 4 atom stereocenters. The van der Waals surface area contributed by atoms with E-state index in [-0.39, 0.29) is 6.42 Å². The quantitative estimate of drug-likeness (QED) is 0.426. The van der Waals surface area contributed by atoms with Crippen molar-refractivity contribution >= 4 is 39.4 Å². The monoisotopic (exact) mass is 548 g/mol. The second kappa shape index (κ2) is 9.52. The average molecular weight is 549 g/mol. The number of carboxylic acids is 1. The Morgan fingerprint density at radius 1 is 1.00 bits per heavy atom. The van der Waals surface area contributed by atoms with Crippen LogP contribution in [0.5, 0.6) is 5.75 Å². The van der Waals surface area contributed by atoms with E-state index in [4.69, 9.17) is 4.74 Å². The highest BCUT2D eigenvalue weighted by molar-refractivity contribution is 9.10. The largest absolute Gasteiger partial charge is 0.494 e. The molecule has 2 aliphatic heterocycles. The summed E-state index contributed by atoms with van der Waals surface area (Å²) >= 11 is 3.42. The van der Waals surface area contributed by atoms with Gasteiger partial charge >= 0.3 is 5.97 Å². The Bertz CT molecular complexity index is 1300. The number of hydrogen-bond donors (Lipinski definition) is 2. The molecule has 7 nitrogen and oxygen atoms in total. The highest BCUT2D eigenvalue weighted by Crippen LogP contribution is 2.51. The summed E-state index contributed by atoms with van der Waals surface area (Å²) in [7, 11) is 0. The maximum absolute atomic E-state index is 13.9. The summed E-state index contributed by atoms with van der Waals surface area (Å²) in [6.07, 6.45) is 0.0630. The smallest absolute Gasteiger partial charge is 0.325 e. The predicted octanol–water partition coefficient (Wildman–Crippen LogP) is 4.36. The first-order chi connectivity index (χ1) is 17.4. The topological polar surface area (TPSA) is 95.9 Å². The van der Waals surface area contributed by atoms with E-state index >= 15 is 0 Å². The molecule has 3 aromatic rings. The van der Waals surface area contributed by atoms with Crippen molar-refractivity contribution in [2.75, 3.05) is 11.5 Å². The highest BCUT2D eigenvalue weighted by atomic mass is 79.9. The fourth-order valence-electron chi connectivity index (χ4n) is 5.42. The van der Waals surface area contributed by atoms with Gasteiger partial charge in [-0.25, -0.2) is 4.90 Å². The van der Waals surface area contributed by atoms with Crippen molar-refractivity contribution in [3.8, 4) is 5.75 Å². The van der Waals surface area contributed by atoms with Gasteiger partial charge in [0.1, 0.15) is 11.3 Å². The molecule has 0 aliphatic carbocycles. The van der Waals surface area contributed by atoms with E-state index in [0.717, 1.165) is 20.5 Å². The van der Waals surface area contributed by atoms with Crippen molar-refractivity contribution in [3.63, 3.8) is 0 Å². The number of imide groups is 1. The van der Waals surface area contributed by atoms with Crippen molar-refractivity contribution in [1.29, 1.82) is 0 Å². The van der Waals surface area contributed by atoms with E-state index in [1.807, 2.05) is 61.5 Å². The number of halogens is 1. The third kappa shape index (κ3) is 4.00. The number of carboxylic acid groups (broad SMARTS) is 1. The summed E-state index contributed by atoms with van der Waals surface area (Å²) < 4.78 is 6.35. The van der Waals surface area contributed by atoms with Crippen LogP contribution in [0.25, 0.3) is 0 Å². The van der Waals surface area contributed by atoms with Crippen LogP contribution < -0.4 is 15.0 Å². The molecule has 2 N–H and O–H groups in total. The van der Waals surface area contributed by atoms with Crippen LogP contribution in [0.15, 0.2) is 83.3 Å². The third-order valence-electron chi connectivity index (χ3n) is 7.00. The molecule has 2 aliphatic rings. The fraction of sp³-hybridized carbons (Fsp3) is 0.250. The number of aliphatic carboxylic acids is 1. The maximum Gasteiger partial charge on any atom is 0.325 e. The van der Waals surface area contributed by atoms with Crippen molar-refractivity contribution in [3.05, 3.63) is 94.5 Å². The van der Waals surface area contributed by atoms with Crippen molar-refractivity contribution in [2.24, 2.45) is 11.8 Å². The van der Waals surface area contributed by atoms with E-state index in [1.165, 1.54) is 0 Å². The van der Waals surface area contributed by atoms with Gasteiger partial charge < -0.3 is 9.84 Å². The van der Waals surface area contributed by atoms with E-state index in [9.17, 15) is 19.5 Å². The minimum Gasteiger partial charge on any atom is -0.494 e. The van der Waals surface area contributed by atoms with Crippen LogP contribution in [0.4, 0.5) is 5.69 Å². The van der Waals surface area contributed by atoms with E-state index in [1.54, 1.807) is 24.3 Å². The zero-order chi connectivity index (χ0) is 25.4. The molecule has 0 saturated carbocycles. The van der Waals surface area contributed by atoms with Gasteiger partial charge in [-0.05, 0) is 54.4 Å². The number of carbonyl (C=O) groups excluding carboxylic acids is 2. The maximum atomic E-state index is 13.9. The number of carbonyl (C=O) groups is 3. The first-order valence-electron chi connectivity index (χ1n) is 11.8. The molecule has 3 aromatic carbocycles. The number of nitrogens with one attached hydrogen (secondary N) is 1. The SMILES string of the molecule is CCOc1ccc(N2C(=O)[C@@H]3[C@H](c4ccc(Br)cc4)N[C@](Cc4ccccc4)(C(=O)O)[C@H]3C2=O)cc1. The van der Waals surface area contributed by atoms with E-state index in [0.29, 0.717) is 18.0 Å². The van der Waals surface area contributed by atoms with Crippen LogP contribution >= 0.6 is 15.9 Å². The standard InChI is InChI=1S/C28H25BrN2O5/c1-2-36-21-14-12-20(13-15-21)31-25(32)22-23(26(31)33)28(27(34)35,16-17-6-4-3-5-7-17)30-24(22)18-8-10-19(29)11-9-18/h3-15,22-24,30H,2,16H2,1H3,(H,34,35)/t22-,23+,24-,28-/m0/s1. The van der Waals surface area contributed by atoms with Gasteiger partial charge in [0.05, 0.1) is 24.1 Å². The number of nitrogens with zero attached hydrogens (tertiary/aromatic N) is 1. The van der Waals surface area contributed by atoms with Crippen LogP contribution in [0.1, 0.15) is 24.1 Å². The van der Waals surface area contributed by atoms with Crippen LogP contribution in [0.3, 0.4) is 0 Å². The third-order valence-corrected chi connectivity index (χ3v) is 7.53. The molecule has 0 unspecified atom stereocenters. The van der Waals surface area contributed by atoms with E-state index in [2.05, 4.69) is 21.2 Å². The molecule has 0 spiro atoms. The molecule has 0 radical (unpaired) electrons. The number of amides is 2. The Morgan fingerprint density at radius 2 is 1.67 bits per heavy atom. The van der Waals surface area contributed by atoms with Crippen LogP contribution in [0.2, 0.25) is 0 Å². The summed E-state index contributed by atoms with van der Waals surface area (Å²) in [5, 5.41) is 13.8. The molecular weight excluding hydrogens is 524 g/mol. The lowest BCUT2D eigenvalue weighted by Crippen LogP contribution is -2.57. The zero-order valence-corrected chi connectivity index (χ0v) is 21.1. The molecule has 5 rings (SSSR count). The summed E-state index contributed by atoms with van der Waals surface area (Å²) in [6.45, 7) is 2.36. The number of hydrogen-bond acceptors (Lipinski definition) is 5. The minimum absolute atomic E-state index is 0.0630. The second-order valence-corrected chi connectivity index (χ2v) is 9.97. The summed E-state index contributed by atoms with van der Waals surface area (Å²) in [5.41, 5.74) is 0.258. The van der Waals surface area contributed by atoms with Gasteiger partial charge in [0.15, 0.2) is 0 Å². The van der Waals surface area contributed by atoms with Gasteiger partial charge in [0.2, 0.25) is 11.8 Å². The van der Waals surface area contributed by atoms with Crippen LogP contribution in [-0.2, 0) is 20.8 Å². The van der Waals surface area contributed by atoms with Crippen LogP contribution in [-0.4, -0.2) is 35.0 Å².